The lowest BCUT2D eigenvalue weighted by atomic mass is 10.3. The van der Waals surface area contributed by atoms with Crippen molar-refractivity contribution in [3.05, 3.63) is 18.2 Å². The molecular weight excluding hydrogens is 254 g/mol. The summed E-state index contributed by atoms with van der Waals surface area (Å²) in [5.41, 5.74) is 0. The first kappa shape index (κ1) is 13.2. The van der Waals surface area contributed by atoms with Gasteiger partial charge in [-0.05, 0) is 25.1 Å². The van der Waals surface area contributed by atoms with Crippen LogP contribution in [-0.2, 0) is 9.84 Å². The van der Waals surface area contributed by atoms with Gasteiger partial charge in [0, 0.05) is 12.6 Å². The Morgan fingerprint density at radius 1 is 1.28 bits per heavy atom. The molecule has 0 spiro atoms. The van der Waals surface area contributed by atoms with Gasteiger partial charge in [0.05, 0.1) is 19.5 Å². The highest BCUT2D eigenvalue weighted by Gasteiger charge is 2.32. The molecule has 0 aromatic heterocycles. The van der Waals surface area contributed by atoms with Gasteiger partial charge in [-0.1, -0.05) is 0 Å². The third-order valence-electron chi connectivity index (χ3n) is 3.13. The molecule has 1 aliphatic heterocycles. The second kappa shape index (κ2) is 5.16. The van der Waals surface area contributed by atoms with E-state index >= 15 is 0 Å². The summed E-state index contributed by atoms with van der Waals surface area (Å²) < 4.78 is 35.2. The Hall–Kier alpha value is -1.27. The molecule has 1 fully saturated rings. The molecule has 1 aromatic rings. The number of methoxy groups -OCH3 is 2. The summed E-state index contributed by atoms with van der Waals surface area (Å²) in [6, 6.07) is 4.82. The minimum atomic E-state index is -3.38. The van der Waals surface area contributed by atoms with E-state index < -0.39 is 15.1 Å². The lowest BCUT2D eigenvalue weighted by Gasteiger charge is -2.14. The van der Waals surface area contributed by atoms with Crippen LogP contribution < -0.4 is 14.8 Å². The van der Waals surface area contributed by atoms with E-state index in [1.807, 2.05) is 0 Å². The van der Waals surface area contributed by atoms with Gasteiger partial charge >= 0.3 is 0 Å². The van der Waals surface area contributed by atoms with Crippen LogP contribution in [0.1, 0.15) is 6.42 Å². The molecule has 6 heteroatoms. The van der Waals surface area contributed by atoms with Crippen LogP contribution in [0.3, 0.4) is 0 Å². The zero-order valence-corrected chi connectivity index (χ0v) is 11.3. The van der Waals surface area contributed by atoms with Crippen molar-refractivity contribution in [2.45, 2.75) is 16.6 Å². The molecule has 0 bridgehead atoms. The van der Waals surface area contributed by atoms with E-state index in [1.165, 1.54) is 20.3 Å². The topological polar surface area (TPSA) is 64.6 Å². The van der Waals surface area contributed by atoms with Gasteiger partial charge in [0.25, 0.3) is 0 Å². The molecule has 0 amide bonds. The summed E-state index contributed by atoms with van der Waals surface area (Å²) in [5, 5.41) is 2.67. The van der Waals surface area contributed by atoms with Crippen molar-refractivity contribution in [3.63, 3.8) is 0 Å². The number of hydrogen-bond donors (Lipinski definition) is 1. The van der Waals surface area contributed by atoms with Crippen LogP contribution >= 0.6 is 0 Å². The van der Waals surface area contributed by atoms with Crippen LogP contribution in [0.25, 0.3) is 0 Å². The van der Waals surface area contributed by atoms with Gasteiger partial charge in [0.1, 0.15) is 16.4 Å². The lowest BCUT2D eigenvalue weighted by molar-refractivity contribution is 0.392. The van der Waals surface area contributed by atoms with E-state index in [1.54, 1.807) is 12.1 Å². The molecule has 0 radical (unpaired) electrons. The third kappa shape index (κ3) is 2.30. The molecular formula is C12H17NO4S. The smallest absolute Gasteiger partial charge is 0.186 e. The number of nitrogens with one attached hydrogen (secondary N) is 1. The lowest BCUT2D eigenvalue weighted by Crippen LogP contribution is -2.24. The number of hydrogen-bond acceptors (Lipinski definition) is 5. The summed E-state index contributed by atoms with van der Waals surface area (Å²) in [5.74, 6) is 0.878. The van der Waals surface area contributed by atoms with Gasteiger partial charge in [-0.25, -0.2) is 8.42 Å². The normalized spacial score (nSPS) is 19.8. The summed E-state index contributed by atoms with van der Waals surface area (Å²) in [6.45, 7) is 1.22. The van der Waals surface area contributed by atoms with E-state index in [0.717, 1.165) is 6.54 Å². The highest BCUT2D eigenvalue weighted by atomic mass is 32.2. The van der Waals surface area contributed by atoms with Crippen molar-refractivity contribution in [1.29, 1.82) is 0 Å². The molecule has 100 valence electrons. The van der Waals surface area contributed by atoms with Crippen molar-refractivity contribution in [1.82, 2.24) is 5.32 Å². The van der Waals surface area contributed by atoms with Gasteiger partial charge in [0.15, 0.2) is 9.84 Å². The maximum Gasteiger partial charge on any atom is 0.186 e. The van der Waals surface area contributed by atoms with E-state index in [0.29, 0.717) is 24.5 Å². The summed E-state index contributed by atoms with van der Waals surface area (Å²) >= 11 is 0. The number of ether oxygens (including phenoxy) is 2. The molecule has 1 aliphatic rings. The largest absolute Gasteiger partial charge is 0.497 e. The fourth-order valence-electron chi connectivity index (χ4n) is 2.08. The maximum atomic E-state index is 12.5. The first-order chi connectivity index (χ1) is 8.59. The van der Waals surface area contributed by atoms with Gasteiger partial charge in [0.2, 0.25) is 0 Å². The van der Waals surface area contributed by atoms with Crippen molar-refractivity contribution >= 4 is 9.84 Å². The zero-order valence-electron chi connectivity index (χ0n) is 10.5. The standard InChI is InChI=1S/C12H17NO4S/c1-16-9-3-4-11(17-2)12(7-9)18(14,15)10-5-6-13-8-10/h3-4,7,10,13H,5-6,8H2,1-2H3. The first-order valence-electron chi connectivity index (χ1n) is 5.76. The minimum Gasteiger partial charge on any atom is -0.497 e. The van der Waals surface area contributed by atoms with Crippen LogP contribution in [0.15, 0.2) is 23.1 Å². The van der Waals surface area contributed by atoms with Crippen molar-refractivity contribution < 1.29 is 17.9 Å². The summed E-state index contributed by atoms with van der Waals surface area (Å²) in [4.78, 5) is 0.207. The van der Waals surface area contributed by atoms with E-state index in [2.05, 4.69) is 5.32 Å². The summed E-state index contributed by atoms with van der Waals surface area (Å²) in [6.07, 6.45) is 0.628. The van der Waals surface area contributed by atoms with Gasteiger partial charge < -0.3 is 14.8 Å². The predicted octanol–water partition coefficient (Wildman–Crippen LogP) is 0.839. The molecule has 5 nitrogen and oxygen atoms in total. The van der Waals surface area contributed by atoms with Gasteiger partial charge in [-0.3, -0.25) is 0 Å². The number of sulfone groups is 1. The maximum absolute atomic E-state index is 12.5. The third-order valence-corrected chi connectivity index (χ3v) is 5.34. The number of benzene rings is 1. The highest BCUT2D eigenvalue weighted by Crippen LogP contribution is 2.32. The Labute approximate surface area is 107 Å². The Morgan fingerprint density at radius 3 is 2.61 bits per heavy atom. The van der Waals surface area contributed by atoms with E-state index in [4.69, 9.17) is 9.47 Å². The zero-order chi connectivity index (χ0) is 13.2. The van der Waals surface area contributed by atoms with Crippen molar-refractivity contribution in [2.75, 3.05) is 27.3 Å². The Balaban J connectivity index is 2.47. The Bertz CT molecular complexity index is 521. The fraction of sp³-hybridized carbons (Fsp3) is 0.500. The molecule has 1 N–H and O–H groups in total. The first-order valence-corrected chi connectivity index (χ1v) is 7.31. The van der Waals surface area contributed by atoms with E-state index in [-0.39, 0.29) is 4.90 Å². The molecule has 2 rings (SSSR count). The van der Waals surface area contributed by atoms with Crippen molar-refractivity contribution in [2.24, 2.45) is 0 Å². The van der Waals surface area contributed by atoms with Crippen LogP contribution in [-0.4, -0.2) is 41.0 Å². The monoisotopic (exact) mass is 271 g/mol. The van der Waals surface area contributed by atoms with Crippen LogP contribution in [0.2, 0.25) is 0 Å². The Kier molecular flexibility index (Phi) is 3.77. The number of rotatable bonds is 4. The average molecular weight is 271 g/mol. The van der Waals surface area contributed by atoms with Crippen molar-refractivity contribution in [3.8, 4) is 11.5 Å². The fourth-order valence-corrected chi connectivity index (χ4v) is 3.92. The van der Waals surface area contributed by atoms with Crippen LogP contribution in [0.4, 0.5) is 0 Å². The molecule has 1 unspecified atom stereocenters. The Morgan fingerprint density at radius 2 is 2.06 bits per heavy atom. The average Bonchev–Trinajstić information content (AvgIpc) is 2.92. The molecule has 1 aromatic carbocycles. The molecule has 1 atom stereocenters. The highest BCUT2D eigenvalue weighted by molar-refractivity contribution is 7.92. The second-order valence-corrected chi connectivity index (χ2v) is 6.37. The molecule has 1 heterocycles. The van der Waals surface area contributed by atoms with E-state index in [9.17, 15) is 8.42 Å². The van der Waals surface area contributed by atoms with Gasteiger partial charge in [-0.2, -0.15) is 0 Å². The molecule has 1 saturated heterocycles. The molecule has 0 aliphatic carbocycles. The molecule has 18 heavy (non-hydrogen) atoms. The minimum absolute atomic E-state index is 0.207. The SMILES string of the molecule is COc1ccc(OC)c(S(=O)(=O)C2CCNC2)c1. The second-order valence-electron chi connectivity index (χ2n) is 4.18. The van der Waals surface area contributed by atoms with Crippen LogP contribution in [0.5, 0.6) is 11.5 Å². The van der Waals surface area contributed by atoms with Gasteiger partial charge in [-0.15, -0.1) is 0 Å². The quantitative estimate of drug-likeness (QED) is 0.879. The molecule has 0 saturated carbocycles. The van der Waals surface area contributed by atoms with Crippen LogP contribution in [0, 0.1) is 0 Å². The summed E-state index contributed by atoms with van der Waals surface area (Å²) in [7, 11) is -0.406. The predicted molar refractivity (Wildman–Crippen MR) is 68.0 cm³/mol.